The Kier molecular flexibility index (Phi) is 4.90. The summed E-state index contributed by atoms with van der Waals surface area (Å²) in [5.41, 5.74) is 0.0316. The standard InChI is InChI=1S/C19H20Cl3N3O2/c1-18(11-19(18,21)22)17(26)25(14-4-2-3-5-14)10-15-23-24-16(27-15)12-6-8-13(20)9-7-12/h6-9,14H,2-5,10-11H2,1H3. The van der Waals surface area contributed by atoms with Gasteiger partial charge in [-0.15, -0.1) is 33.4 Å². The summed E-state index contributed by atoms with van der Waals surface area (Å²) in [6.07, 6.45) is 4.62. The lowest BCUT2D eigenvalue weighted by molar-refractivity contribution is -0.140. The SMILES string of the molecule is CC1(C(=O)N(Cc2nnc(-c3ccc(Cl)cc3)o2)C2CCCC2)CC1(Cl)Cl. The molecule has 0 N–H and O–H groups in total. The molecule has 1 unspecified atom stereocenters. The molecular weight excluding hydrogens is 409 g/mol. The molecule has 5 nitrogen and oxygen atoms in total. The number of nitrogens with zero attached hydrogens (tertiary/aromatic N) is 3. The van der Waals surface area contributed by atoms with Crippen LogP contribution in [0.25, 0.3) is 11.5 Å². The van der Waals surface area contributed by atoms with Gasteiger partial charge in [0.05, 0.1) is 12.0 Å². The Bertz CT molecular complexity index is 846. The first-order chi connectivity index (χ1) is 12.8. The van der Waals surface area contributed by atoms with Crippen LogP contribution in [0.5, 0.6) is 0 Å². The number of rotatable bonds is 5. The van der Waals surface area contributed by atoms with Gasteiger partial charge in [0.2, 0.25) is 17.7 Å². The predicted octanol–water partition coefficient (Wildman–Crippen LogP) is 5.25. The third kappa shape index (κ3) is 3.57. The number of carbonyl (C=O) groups excluding carboxylic acids is 1. The van der Waals surface area contributed by atoms with Crippen molar-refractivity contribution in [3.8, 4) is 11.5 Å². The molecule has 1 atom stereocenters. The Morgan fingerprint density at radius 1 is 1.22 bits per heavy atom. The summed E-state index contributed by atoms with van der Waals surface area (Å²) in [6, 6.07) is 7.33. The van der Waals surface area contributed by atoms with Crippen molar-refractivity contribution in [2.45, 2.75) is 55.9 Å². The fourth-order valence-electron chi connectivity index (χ4n) is 3.70. The Morgan fingerprint density at radius 3 is 2.44 bits per heavy atom. The summed E-state index contributed by atoms with van der Waals surface area (Å²) in [6.45, 7) is 2.09. The van der Waals surface area contributed by atoms with Crippen molar-refractivity contribution in [2.24, 2.45) is 5.41 Å². The van der Waals surface area contributed by atoms with Gasteiger partial charge < -0.3 is 9.32 Å². The molecule has 0 spiro atoms. The second-order valence-corrected chi connectivity index (χ2v) is 9.51. The molecule has 0 bridgehead atoms. The fourth-order valence-corrected chi connectivity index (χ4v) is 4.53. The zero-order chi connectivity index (χ0) is 19.2. The molecule has 1 aromatic heterocycles. The van der Waals surface area contributed by atoms with E-state index in [2.05, 4.69) is 10.2 Å². The molecule has 1 amide bonds. The molecular formula is C19H20Cl3N3O2. The van der Waals surface area contributed by atoms with E-state index in [1.165, 1.54) is 0 Å². The molecule has 1 heterocycles. The van der Waals surface area contributed by atoms with Gasteiger partial charge in [-0.25, -0.2) is 0 Å². The second kappa shape index (κ2) is 6.94. The molecule has 144 valence electrons. The Morgan fingerprint density at radius 2 is 1.85 bits per heavy atom. The van der Waals surface area contributed by atoms with Crippen molar-refractivity contribution >= 4 is 40.7 Å². The minimum Gasteiger partial charge on any atom is -0.419 e. The maximum absolute atomic E-state index is 13.2. The van der Waals surface area contributed by atoms with Gasteiger partial charge >= 0.3 is 0 Å². The summed E-state index contributed by atoms with van der Waals surface area (Å²) in [7, 11) is 0. The van der Waals surface area contributed by atoms with Crippen molar-refractivity contribution in [3.63, 3.8) is 0 Å². The lowest BCUT2D eigenvalue weighted by atomic mass is 10.1. The van der Waals surface area contributed by atoms with E-state index in [9.17, 15) is 4.79 Å². The van der Waals surface area contributed by atoms with Gasteiger partial charge in [-0.3, -0.25) is 4.79 Å². The van der Waals surface area contributed by atoms with Crippen LogP contribution in [-0.2, 0) is 11.3 Å². The van der Waals surface area contributed by atoms with Gasteiger partial charge in [0, 0.05) is 16.6 Å². The van der Waals surface area contributed by atoms with Crippen LogP contribution in [0.2, 0.25) is 5.02 Å². The minimum absolute atomic E-state index is 0.0364. The number of amides is 1. The van der Waals surface area contributed by atoms with Crippen LogP contribution in [0.3, 0.4) is 0 Å². The summed E-state index contributed by atoms with van der Waals surface area (Å²) < 4.78 is 4.81. The van der Waals surface area contributed by atoms with E-state index >= 15 is 0 Å². The number of halogens is 3. The normalized spacial score (nSPS) is 24.1. The van der Waals surface area contributed by atoms with E-state index in [1.54, 1.807) is 12.1 Å². The maximum atomic E-state index is 13.2. The highest BCUT2D eigenvalue weighted by Gasteiger charge is 2.69. The lowest BCUT2D eigenvalue weighted by Crippen LogP contribution is -2.43. The van der Waals surface area contributed by atoms with Crippen LogP contribution < -0.4 is 0 Å². The molecule has 27 heavy (non-hydrogen) atoms. The largest absolute Gasteiger partial charge is 0.419 e. The highest BCUT2D eigenvalue weighted by atomic mass is 35.5. The quantitative estimate of drug-likeness (QED) is 0.611. The smallest absolute Gasteiger partial charge is 0.247 e. The highest BCUT2D eigenvalue weighted by Crippen LogP contribution is 2.64. The monoisotopic (exact) mass is 427 g/mol. The first-order valence-corrected chi connectivity index (χ1v) is 10.2. The van der Waals surface area contributed by atoms with Crippen molar-refractivity contribution in [3.05, 3.63) is 35.2 Å². The van der Waals surface area contributed by atoms with Gasteiger partial charge in [-0.05, 0) is 50.5 Å². The van der Waals surface area contributed by atoms with Gasteiger partial charge in [-0.1, -0.05) is 24.4 Å². The van der Waals surface area contributed by atoms with Gasteiger partial charge in [0.15, 0.2) is 0 Å². The van der Waals surface area contributed by atoms with Crippen LogP contribution >= 0.6 is 34.8 Å². The summed E-state index contributed by atoms with van der Waals surface area (Å²) in [5.74, 6) is 0.770. The zero-order valence-corrected chi connectivity index (χ0v) is 17.2. The molecule has 2 aromatic rings. The number of carbonyl (C=O) groups is 1. The topological polar surface area (TPSA) is 59.2 Å². The third-order valence-electron chi connectivity index (χ3n) is 5.62. The Hall–Kier alpha value is -1.30. The van der Waals surface area contributed by atoms with Crippen molar-refractivity contribution < 1.29 is 9.21 Å². The summed E-state index contributed by atoms with van der Waals surface area (Å²) in [5, 5.41) is 8.89. The van der Waals surface area contributed by atoms with Crippen LogP contribution in [0.4, 0.5) is 0 Å². The molecule has 1 aromatic carbocycles. The number of hydrogen-bond acceptors (Lipinski definition) is 4. The van der Waals surface area contributed by atoms with Gasteiger partial charge in [-0.2, -0.15) is 0 Å². The number of benzene rings is 1. The summed E-state index contributed by atoms with van der Waals surface area (Å²) >= 11 is 18.4. The fraction of sp³-hybridized carbons (Fsp3) is 0.526. The van der Waals surface area contributed by atoms with Crippen LogP contribution in [0.1, 0.15) is 44.9 Å². The first kappa shape index (κ1) is 19.0. The number of alkyl halides is 2. The molecule has 0 saturated heterocycles. The van der Waals surface area contributed by atoms with E-state index < -0.39 is 9.75 Å². The average molecular weight is 429 g/mol. The van der Waals surface area contributed by atoms with Gasteiger partial charge in [0.25, 0.3) is 0 Å². The van der Waals surface area contributed by atoms with E-state index in [0.717, 1.165) is 31.2 Å². The number of hydrogen-bond donors (Lipinski definition) is 0. The third-order valence-corrected chi connectivity index (χ3v) is 6.97. The zero-order valence-electron chi connectivity index (χ0n) is 14.9. The molecule has 0 aliphatic heterocycles. The maximum Gasteiger partial charge on any atom is 0.247 e. The van der Waals surface area contributed by atoms with Crippen LogP contribution in [0, 0.1) is 5.41 Å². The van der Waals surface area contributed by atoms with Gasteiger partial charge in [0.1, 0.15) is 4.33 Å². The predicted molar refractivity (Wildman–Crippen MR) is 105 cm³/mol. The molecule has 2 saturated carbocycles. The highest BCUT2D eigenvalue weighted by molar-refractivity contribution is 6.53. The van der Waals surface area contributed by atoms with Crippen LogP contribution in [-0.4, -0.2) is 31.4 Å². The lowest BCUT2D eigenvalue weighted by Gasteiger charge is -2.31. The van der Waals surface area contributed by atoms with Crippen molar-refractivity contribution in [2.75, 3.05) is 0 Å². The van der Waals surface area contributed by atoms with Crippen molar-refractivity contribution in [1.29, 1.82) is 0 Å². The molecule has 8 heteroatoms. The number of aromatic nitrogens is 2. The molecule has 2 aliphatic rings. The first-order valence-electron chi connectivity index (χ1n) is 9.07. The average Bonchev–Trinajstić information content (AvgIpc) is 3.10. The Balaban J connectivity index is 1.55. The van der Waals surface area contributed by atoms with E-state index in [1.807, 2.05) is 24.0 Å². The van der Waals surface area contributed by atoms with Crippen molar-refractivity contribution in [1.82, 2.24) is 15.1 Å². The molecule has 2 fully saturated rings. The summed E-state index contributed by atoms with van der Waals surface area (Å²) in [4.78, 5) is 15.0. The van der Waals surface area contributed by atoms with E-state index in [0.29, 0.717) is 23.2 Å². The van der Waals surface area contributed by atoms with Crippen LogP contribution in [0.15, 0.2) is 28.7 Å². The molecule has 0 radical (unpaired) electrons. The minimum atomic E-state index is -0.996. The van der Waals surface area contributed by atoms with E-state index in [4.69, 9.17) is 39.2 Å². The van der Waals surface area contributed by atoms with E-state index in [-0.39, 0.29) is 18.5 Å². The molecule has 4 rings (SSSR count). The molecule has 2 aliphatic carbocycles. The Labute approximate surface area is 173 Å². The second-order valence-electron chi connectivity index (χ2n) is 7.59.